The van der Waals surface area contributed by atoms with E-state index in [1.165, 1.54) is 6.07 Å². The second-order valence-electron chi connectivity index (χ2n) is 5.25. The molecule has 0 fully saturated rings. The molecule has 2 rings (SSSR count). The Morgan fingerprint density at radius 2 is 2.16 bits per heavy atom. The Morgan fingerprint density at radius 3 is 2.84 bits per heavy atom. The van der Waals surface area contributed by atoms with Crippen molar-refractivity contribution in [2.45, 2.75) is 44.9 Å². The van der Waals surface area contributed by atoms with Crippen LogP contribution in [-0.4, -0.2) is 5.91 Å². The third-order valence-corrected chi connectivity index (χ3v) is 4.32. The molecule has 0 aromatic heterocycles. The minimum Gasteiger partial charge on any atom is -0.326 e. The number of hydrogen-bond acceptors (Lipinski definition) is 1. The minimum atomic E-state index is -0.330. The van der Waals surface area contributed by atoms with Gasteiger partial charge in [0.05, 0.1) is 5.38 Å². The number of alkyl halides is 1. The number of aryl methyl sites for hydroxylation is 1. The molecule has 0 bridgehead atoms. The molecule has 1 aromatic rings. The van der Waals surface area contributed by atoms with Crippen LogP contribution >= 0.6 is 11.6 Å². The standard InChI is InChI=1S/C15H19ClFNO/c1-3-4-9(2)15(16)11-7-10-5-6-14(19)18-13(10)8-12(11)17/h7-9,15H,3-6H2,1-2H3,(H,18,19). The molecule has 2 atom stereocenters. The number of rotatable bonds is 4. The van der Waals surface area contributed by atoms with E-state index in [0.29, 0.717) is 24.1 Å². The lowest BCUT2D eigenvalue weighted by Crippen LogP contribution is -2.20. The number of benzene rings is 1. The van der Waals surface area contributed by atoms with Gasteiger partial charge in [-0.15, -0.1) is 11.6 Å². The second kappa shape index (κ2) is 5.91. The second-order valence-corrected chi connectivity index (χ2v) is 5.72. The molecule has 2 unspecified atom stereocenters. The maximum Gasteiger partial charge on any atom is 0.224 e. The summed E-state index contributed by atoms with van der Waals surface area (Å²) in [6.07, 6.45) is 3.12. The van der Waals surface area contributed by atoms with Crippen LogP contribution in [0.1, 0.15) is 49.6 Å². The fraction of sp³-hybridized carbons (Fsp3) is 0.533. The number of carbonyl (C=O) groups is 1. The van der Waals surface area contributed by atoms with Crippen molar-refractivity contribution in [2.75, 3.05) is 5.32 Å². The van der Waals surface area contributed by atoms with Crippen molar-refractivity contribution in [1.82, 2.24) is 0 Å². The Hall–Kier alpha value is -1.09. The molecule has 2 nitrogen and oxygen atoms in total. The molecule has 1 amide bonds. The molecule has 1 N–H and O–H groups in total. The Kier molecular flexibility index (Phi) is 4.46. The van der Waals surface area contributed by atoms with Crippen molar-refractivity contribution in [1.29, 1.82) is 0 Å². The lowest BCUT2D eigenvalue weighted by Gasteiger charge is -2.22. The van der Waals surface area contributed by atoms with Gasteiger partial charge in [0.1, 0.15) is 5.82 Å². The number of anilines is 1. The van der Waals surface area contributed by atoms with Gasteiger partial charge in [0.25, 0.3) is 0 Å². The first-order valence-electron chi connectivity index (χ1n) is 6.79. The molecule has 19 heavy (non-hydrogen) atoms. The van der Waals surface area contributed by atoms with Crippen LogP contribution < -0.4 is 5.32 Å². The van der Waals surface area contributed by atoms with E-state index < -0.39 is 0 Å². The van der Waals surface area contributed by atoms with E-state index >= 15 is 0 Å². The summed E-state index contributed by atoms with van der Waals surface area (Å²) < 4.78 is 14.1. The zero-order valence-corrected chi connectivity index (χ0v) is 12.1. The quantitative estimate of drug-likeness (QED) is 0.814. The molecule has 0 spiro atoms. The van der Waals surface area contributed by atoms with Gasteiger partial charge in [-0.1, -0.05) is 20.3 Å². The Bertz CT molecular complexity index is 489. The highest BCUT2D eigenvalue weighted by Gasteiger charge is 2.23. The average molecular weight is 284 g/mol. The first-order chi connectivity index (χ1) is 9.02. The fourth-order valence-electron chi connectivity index (χ4n) is 2.54. The summed E-state index contributed by atoms with van der Waals surface area (Å²) in [4.78, 5) is 11.3. The molecule has 1 aromatic carbocycles. The average Bonchev–Trinajstić information content (AvgIpc) is 2.37. The maximum absolute atomic E-state index is 14.1. The van der Waals surface area contributed by atoms with Crippen molar-refractivity contribution < 1.29 is 9.18 Å². The van der Waals surface area contributed by atoms with Crippen LogP contribution in [0.4, 0.5) is 10.1 Å². The molecule has 1 aliphatic heterocycles. The van der Waals surface area contributed by atoms with Crippen LogP contribution in [0.25, 0.3) is 0 Å². The minimum absolute atomic E-state index is 0.0542. The van der Waals surface area contributed by atoms with E-state index in [1.807, 2.05) is 13.0 Å². The number of halogens is 2. The van der Waals surface area contributed by atoms with E-state index in [4.69, 9.17) is 11.6 Å². The van der Waals surface area contributed by atoms with Crippen LogP contribution in [0.3, 0.4) is 0 Å². The Balaban J connectivity index is 2.29. The first kappa shape index (κ1) is 14.3. The molecule has 0 aliphatic carbocycles. The fourth-order valence-corrected chi connectivity index (χ4v) is 2.83. The van der Waals surface area contributed by atoms with Gasteiger partial charge in [-0.05, 0) is 36.5 Å². The van der Waals surface area contributed by atoms with Crippen molar-refractivity contribution in [3.63, 3.8) is 0 Å². The van der Waals surface area contributed by atoms with Crippen molar-refractivity contribution in [3.05, 3.63) is 29.1 Å². The summed E-state index contributed by atoms with van der Waals surface area (Å²) in [5.41, 5.74) is 2.12. The van der Waals surface area contributed by atoms with Crippen molar-refractivity contribution in [3.8, 4) is 0 Å². The zero-order valence-electron chi connectivity index (χ0n) is 11.3. The van der Waals surface area contributed by atoms with E-state index in [9.17, 15) is 9.18 Å². The summed E-state index contributed by atoms with van der Waals surface area (Å²) in [7, 11) is 0. The van der Waals surface area contributed by atoms with E-state index in [2.05, 4.69) is 12.2 Å². The molecule has 1 aliphatic rings. The SMILES string of the molecule is CCCC(C)C(Cl)c1cc2c(cc1F)NC(=O)CC2. The van der Waals surface area contributed by atoms with Crippen LogP contribution in [0.5, 0.6) is 0 Å². The normalized spacial score (nSPS) is 17.6. The van der Waals surface area contributed by atoms with Gasteiger partial charge < -0.3 is 5.32 Å². The molecular formula is C15H19ClFNO. The smallest absolute Gasteiger partial charge is 0.224 e. The van der Waals surface area contributed by atoms with Crippen LogP contribution in [0.15, 0.2) is 12.1 Å². The lowest BCUT2D eigenvalue weighted by atomic mass is 9.92. The summed E-state index contributed by atoms with van der Waals surface area (Å²) in [5, 5.41) is 2.38. The van der Waals surface area contributed by atoms with Gasteiger partial charge in [0.15, 0.2) is 0 Å². The zero-order chi connectivity index (χ0) is 14.0. The monoisotopic (exact) mass is 283 g/mol. The number of carbonyl (C=O) groups excluding carboxylic acids is 1. The number of nitrogens with one attached hydrogen (secondary N) is 1. The predicted octanol–water partition coefficient (Wildman–Crippen LogP) is 4.43. The Labute approximate surface area is 118 Å². The summed E-state index contributed by atoms with van der Waals surface area (Å²) >= 11 is 6.38. The lowest BCUT2D eigenvalue weighted by molar-refractivity contribution is -0.116. The van der Waals surface area contributed by atoms with Crippen LogP contribution in [-0.2, 0) is 11.2 Å². The van der Waals surface area contributed by atoms with Gasteiger partial charge in [-0.3, -0.25) is 4.79 Å². The van der Waals surface area contributed by atoms with E-state index in [0.717, 1.165) is 18.4 Å². The molecular weight excluding hydrogens is 265 g/mol. The first-order valence-corrected chi connectivity index (χ1v) is 7.22. The van der Waals surface area contributed by atoms with Crippen LogP contribution in [0.2, 0.25) is 0 Å². The highest BCUT2D eigenvalue weighted by Crippen LogP contribution is 2.36. The summed E-state index contributed by atoms with van der Waals surface area (Å²) in [6.45, 7) is 4.14. The van der Waals surface area contributed by atoms with E-state index in [1.54, 1.807) is 0 Å². The largest absolute Gasteiger partial charge is 0.326 e. The molecule has 0 radical (unpaired) electrons. The topological polar surface area (TPSA) is 29.1 Å². The summed E-state index contributed by atoms with van der Waals surface area (Å²) in [5.74, 6) is -0.150. The predicted molar refractivity (Wildman–Crippen MR) is 76.0 cm³/mol. The van der Waals surface area contributed by atoms with Gasteiger partial charge in [0, 0.05) is 17.7 Å². The van der Waals surface area contributed by atoms with Crippen molar-refractivity contribution >= 4 is 23.2 Å². The highest BCUT2D eigenvalue weighted by molar-refractivity contribution is 6.21. The third-order valence-electron chi connectivity index (χ3n) is 3.66. The molecule has 0 saturated carbocycles. The highest BCUT2D eigenvalue weighted by atomic mass is 35.5. The van der Waals surface area contributed by atoms with Gasteiger partial charge >= 0.3 is 0 Å². The number of fused-ring (bicyclic) bond motifs is 1. The number of amides is 1. The van der Waals surface area contributed by atoms with Crippen molar-refractivity contribution in [2.24, 2.45) is 5.92 Å². The number of hydrogen-bond donors (Lipinski definition) is 1. The molecule has 4 heteroatoms. The summed E-state index contributed by atoms with van der Waals surface area (Å²) in [6, 6.07) is 3.21. The van der Waals surface area contributed by atoms with E-state index in [-0.39, 0.29) is 23.0 Å². The molecule has 104 valence electrons. The van der Waals surface area contributed by atoms with Gasteiger partial charge in [-0.25, -0.2) is 4.39 Å². The Morgan fingerprint density at radius 1 is 1.42 bits per heavy atom. The molecule has 0 saturated heterocycles. The van der Waals surface area contributed by atoms with Crippen LogP contribution in [0, 0.1) is 11.7 Å². The third kappa shape index (κ3) is 3.08. The van der Waals surface area contributed by atoms with Gasteiger partial charge in [0.2, 0.25) is 5.91 Å². The maximum atomic E-state index is 14.1. The van der Waals surface area contributed by atoms with Gasteiger partial charge in [-0.2, -0.15) is 0 Å². The molecule has 1 heterocycles.